The Balaban J connectivity index is 2.24. The van der Waals surface area contributed by atoms with E-state index in [2.05, 4.69) is 44.3 Å². The minimum absolute atomic E-state index is 0.173. The molecular formula is C18H22FNS. The van der Waals surface area contributed by atoms with E-state index in [1.807, 2.05) is 6.07 Å². The van der Waals surface area contributed by atoms with Crippen LogP contribution in [0, 0.1) is 19.7 Å². The summed E-state index contributed by atoms with van der Waals surface area (Å²) < 4.78 is 13.5. The molecule has 2 aromatic carbocycles. The number of benzene rings is 2. The van der Waals surface area contributed by atoms with E-state index in [1.165, 1.54) is 22.1 Å². The van der Waals surface area contributed by atoms with Crippen molar-refractivity contribution in [2.45, 2.75) is 43.5 Å². The molecule has 112 valence electrons. The molecule has 2 rings (SSSR count). The van der Waals surface area contributed by atoms with Crippen molar-refractivity contribution < 1.29 is 4.39 Å². The van der Waals surface area contributed by atoms with Gasteiger partial charge in [0.25, 0.3) is 0 Å². The van der Waals surface area contributed by atoms with Crippen LogP contribution in [0.15, 0.2) is 46.2 Å². The number of rotatable bonds is 6. The van der Waals surface area contributed by atoms with E-state index in [9.17, 15) is 4.39 Å². The number of hydrogen-bond acceptors (Lipinski definition) is 2. The van der Waals surface area contributed by atoms with E-state index in [0.717, 1.165) is 23.4 Å². The van der Waals surface area contributed by atoms with Crippen LogP contribution in [0.1, 0.15) is 30.0 Å². The fraction of sp³-hybridized carbons (Fsp3) is 0.333. The molecule has 1 N–H and O–H groups in total. The summed E-state index contributed by atoms with van der Waals surface area (Å²) in [5.74, 6) is -0.173. The second kappa shape index (κ2) is 7.62. The van der Waals surface area contributed by atoms with Crippen molar-refractivity contribution in [1.29, 1.82) is 0 Å². The maximum absolute atomic E-state index is 13.5. The van der Waals surface area contributed by atoms with Gasteiger partial charge in [-0.2, -0.15) is 0 Å². The quantitative estimate of drug-likeness (QED) is 0.746. The first-order chi connectivity index (χ1) is 10.1. The molecule has 21 heavy (non-hydrogen) atoms. The predicted octanol–water partition coefficient (Wildman–Crippen LogP) is 5.09. The monoisotopic (exact) mass is 303 g/mol. The lowest BCUT2D eigenvalue weighted by Gasteiger charge is -2.12. The summed E-state index contributed by atoms with van der Waals surface area (Å²) in [4.78, 5) is 2.35. The number of halogens is 1. The molecule has 0 unspecified atom stereocenters. The summed E-state index contributed by atoms with van der Waals surface area (Å²) in [5, 5.41) is 3.35. The lowest BCUT2D eigenvalue weighted by Crippen LogP contribution is -2.14. The summed E-state index contributed by atoms with van der Waals surface area (Å²) in [5.41, 5.74) is 3.52. The third-order valence-electron chi connectivity index (χ3n) is 3.33. The van der Waals surface area contributed by atoms with Gasteiger partial charge in [0.2, 0.25) is 0 Å². The summed E-state index contributed by atoms with van der Waals surface area (Å²) >= 11 is 1.72. The predicted molar refractivity (Wildman–Crippen MR) is 88.4 cm³/mol. The van der Waals surface area contributed by atoms with Gasteiger partial charge < -0.3 is 5.32 Å². The number of aryl methyl sites for hydroxylation is 2. The molecule has 0 aliphatic rings. The molecule has 0 heterocycles. The van der Waals surface area contributed by atoms with Crippen LogP contribution in [-0.4, -0.2) is 6.54 Å². The van der Waals surface area contributed by atoms with Crippen LogP contribution in [0.25, 0.3) is 0 Å². The highest BCUT2D eigenvalue weighted by molar-refractivity contribution is 7.99. The van der Waals surface area contributed by atoms with Gasteiger partial charge in [0.1, 0.15) is 5.82 Å². The van der Waals surface area contributed by atoms with Crippen molar-refractivity contribution in [1.82, 2.24) is 5.32 Å². The molecule has 0 saturated carbocycles. The molecule has 0 aliphatic heterocycles. The molecule has 0 saturated heterocycles. The van der Waals surface area contributed by atoms with Crippen molar-refractivity contribution in [2.24, 2.45) is 0 Å². The highest BCUT2D eigenvalue weighted by Crippen LogP contribution is 2.33. The Kier molecular flexibility index (Phi) is 5.83. The van der Waals surface area contributed by atoms with Gasteiger partial charge in [-0.15, -0.1) is 0 Å². The molecule has 3 heteroatoms. The van der Waals surface area contributed by atoms with Crippen LogP contribution >= 0.6 is 11.8 Å². The first kappa shape index (κ1) is 16.1. The van der Waals surface area contributed by atoms with Gasteiger partial charge in [0.15, 0.2) is 0 Å². The zero-order valence-corrected chi connectivity index (χ0v) is 13.7. The van der Waals surface area contributed by atoms with Gasteiger partial charge in [0, 0.05) is 16.3 Å². The van der Waals surface area contributed by atoms with Gasteiger partial charge in [-0.3, -0.25) is 0 Å². The molecule has 0 atom stereocenters. The van der Waals surface area contributed by atoms with Crippen LogP contribution in [0.4, 0.5) is 4.39 Å². The number of hydrogen-bond donors (Lipinski definition) is 1. The van der Waals surface area contributed by atoms with Crippen molar-refractivity contribution in [3.8, 4) is 0 Å². The Morgan fingerprint density at radius 3 is 2.62 bits per heavy atom. The molecule has 0 amide bonds. The molecule has 0 radical (unpaired) electrons. The molecule has 0 spiro atoms. The Labute approximate surface area is 131 Å². The third-order valence-corrected chi connectivity index (χ3v) is 4.61. The van der Waals surface area contributed by atoms with E-state index in [4.69, 9.17) is 0 Å². The van der Waals surface area contributed by atoms with Crippen LogP contribution < -0.4 is 5.32 Å². The smallest absolute Gasteiger partial charge is 0.123 e. The molecular weight excluding hydrogens is 281 g/mol. The highest BCUT2D eigenvalue weighted by atomic mass is 32.2. The standard InChI is InChI=1S/C18H22FNS/c1-4-9-20-12-15-11-16(19)7-8-17(15)21-18-10-13(2)5-6-14(18)3/h5-8,10-11,20H,4,9,12H2,1-3H3. The van der Waals surface area contributed by atoms with Crippen LogP contribution in [0.2, 0.25) is 0 Å². The van der Waals surface area contributed by atoms with Gasteiger partial charge in [-0.25, -0.2) is 4.39 Å². The van der Waals surface area contributed by atoms with E-state index >= 15 is 0 Å². The second-order valence-corrected chi connectivity index (χ2v) is 6.38. The Hall–Kier alpha value is -1.32. The molecule has 1 nitrogen and oxygen atoms in total. The lowest BCUT2D eigenvalue weighted by molar-refractivity contribution is 0.615. The van der Waals surface area contributed by atoms with Crippen LogP contribution in [-0.2, 0) is 6.54 Å². The summed E-state index contributed by atoms with van der Waals surface area (Å²) in [6.45, 7) is 7.99. The number of nitrogens with one attached hydrogen (secondary N) is 1. The Bertz CT molecular complexity index is 610. The Morgan fingerprint density at radius 1 is 1.05 bits per heavy atom. The van der Waals surface area contributed by atoms with Gasteiger partial charge in [0.05, 0.1) is 0 Å². The minimum Gasteiger partial charge on any atom is -0.313 e. The van der Waals surface area contributed by atoms with Crippen LogP contribution in [0.5, 0.6) is 0 Å². The third kappa shape index (κ3) is 4.58. The van der Waals surface area contributed by atoms with Crippen molar-refractivity contribution in [3.05, 3.63) is 58.9 Å². The first-order valence-corrected chi connectivity index (χ1v) is 8.16. The summed E-state index contributed by atoms with van der Waals surface area (Å²) in [7, 11) is 0. The molecule has 0 bridgehead atoms. The fourth-order valence-electron chi connectivity index (χ4n) is 2.12. The summed E-state index contributed by atoms with van der Waals surface area (Å²) in [6.07, 6.45) is 1.08. The van der Waals surface area contributed by atoms with E-state index in [1.54, 1.807) is 17.8 Å². The maximum atomic E-state index is 13.5. The first-order valence-electron chi connectivity index (χ1n) is 7.34. The second-order valence-electron chi connectivity index (χ2n) is 5.30. The van der Waals surface area contributed by atoms with Gasteiger partial charge in [-0.05, 0) is 67.8 Å². The van der Waals surface area contributed by atoms with E-state index in [-0.39, 0.29) is 5.82 Å². The average Bonchev–Trinajstić information content (AvgIpc) is 2.46. The van der Waals surface area contributed by atoms with Crippen molar-refractivity contribution in [3.63, 3.8) is 0 Å². The fourth-order valence-corrected chi connectivity index (χ4v) is 3.23. The van der Waals surface area contributed by atoms with Gasteiger partial charge >= 0.3 is 0 Å². The van der Waals surface area contributed by atoms with E-state index < -0.39 is 0 Å². The molecule has 2 aromatic rings. The zero-order chi connectivity index (χ0) is 15.2. The molecule has 0 fully saturated rings. The highest BCUT2D eigenvalue weighted by Gasteiger charge is 2.08. The molecule has 0 aliphatic carbocycles. The van der Waals surface area contributed by atoms with Gasteiger partial charge in [-0.1, -0.05) is 30.8 Å². The molecule has 0 aromatic heterocycles. The zero-order valence-electron chi connectivity index (χ0n) is 12.9. The van der Waals surface area contributed by atoms with E-state index in [0.29, 0.717) is 6.54 Å². The lowest BCUT2D eigenvalue weighted by atomic mass is 10.2. The van der Waals surface area contributed by atoms with Crippen LogP contribution in [0.3, 0.4) is 0 Å². The Morgan fingerprint density at radius 2 is 1.86 bits per heavy atom. The van der Waals surface area contributed by atoms with Crippen molar-refractivity contribution >= 4 is 11.8 Å². The summed E-state index contributed by atoms with van der Waals surface area (Å²) in [6, 6.07) is 11.5. The average molecular weight is 303 g/mol. The normalized spacial score (nSPS) is 10.9. The van der Waals surface area contributed by atoms with Crippen molar-refractivity contribution in [2.75, 3.05) is 6.54 Å². The topological polar surface area (TPSA) is 12.0 Å². The largest absolute Gasteiger partial charge is 0.313 e. The maximum Gasteiger partial charge on any atom is 0.123 e. The SMILES string of the molecule is CCCNCc1cc(F)ccc1Sc1cc(C)ccc1C. The minimum atomic E-state index is -0.173.